The third kappa shape index (κ3) is 6.62. The van der Waals surface area contributed by atoms with Crippen LogP contribution in [0.2, 0.25) is 0 Å². The first-order valence-corrected chi connectivity index (χ1v) is 10.2. The maximum atomic E-state index is 11.4. The van der Waals surface area contributed by atoms with Crippen molar-refractivity contribution in [2.75, 3.05) is 37.2 Å². The van der Waals surface area contributed by atoms with Gasteiger partial charge in [0.05, 0.1) is 6.26 Å². The summed E-state index contributed by atoms with van der Waals surface area (Å²) < 4.78 is 31.3. The van der Waals surface area contributed by atoms with Crippen LogP contribution in [0.1, 0.15) is 19.3 Å². The van der Waals surface area contributed by atoms with Gasteiger partial charge in [-0.3, -0.25) is 4.72 Å². The number of nitrogens with zero attached hydrogens (tertiary/aromatic N) is 2. The zero-order valence-corrected chi connectivity index (χ0v) is 15.4. The second-order valence-electron chi connectivity index (χ2n) is 5.71. The van der Waals surface area contributed by atoms with E-state index in [9.17, 15) is 13.5 Å². The Morgan fingerprint density at radius 2 is 2.13 bits per heavy atom. The average Bonchev–Trinajstić information content (AvgIpc) is 2.46. The van der Waals surface area contributed by atoms with Crippen LogP contribution in [0.3, 0.4) is 0 Å². The molecule has 1 atom stereocenters. The molecule has 9 heteroatoms. The Balaban J connectivity index is 1.93. The molecule has 0 aliphatic carbocycles. The summed E-state index contributed by atoms with van der Waals surface area (Å²) >= 11 is 3.24. The van der Waals surface area contributed by atoms with Crippen molar-refractivity contribution < 1.29 is 18.3 Å². The van der Waals surface area contributed by atoms with E-state index in [0.29, 0.717) is 11.0 Å². The fraction of sp³-hybridized carbons (Fsp3) is 0.643. The van der Waals surface area contributed by atoms with Gasteiger partial charge in [-0.2, -0.15) is 0 Å². The number of aromatic nitrogens is 1. The number of aliphatic hydroxyl groups is 1. The number of nitrogens with one attached hydrogen (secondary N) is 1. The number of pyridine rings is 1. The Morgan fingerprint density at radius 3 is 2.78 bits per heavy atom. The Hall–Kier alpha value is -0.900. The molecule has 1 unspecified atom stereocenters. The minimum Gasteiger partial charge on any atom is -0.473 e. The number of rotatable bonds is 7. The minimum absolute atomic E-state index is 0.0591. The Kier molecular flexibility index (Phi) is 6.63. The first-order valence-electron chi connectivity index (χ1n) is 7.50. The fourth-order valence-corrected chi connectivity index (χ4v) is 3.36. The zero-order valence-electron chi connectivity index (χ0n) is 13.0. The minimum atomic E-state index is -3.44. The summed E-state index contributed by atoms with van der Waals surface area (Å²) in [5.41, 5.74) is 0.243. The lowest BCUT2D eigenvalue weighted by Crippen LogP contribution is -2.38. The van der Waals surface area contributed by atoms with Crippen LogP contribution in [0, 0.1) is 0 Å². The van der Waals surface area contributed by atoms with E-state index >= 15 is 0 Å². The van der Waals surface area contributed by atoms with Gasteiger partial charge in [-0.25, -0.2) is 13.4 Å². The van der Waals surface area contributed by atoms with E-state index in [2.05, 4.69) is 30.5 Å². The van der Waals surface area contributed by atoms with Gasteiger partial charge >= 0.3 is 0 Å². The SMILES string of the molecule is CS(=O)(=O)Nc1cc(Br)cnc1OCC(O)CN1CCCCC1. The predicted octanol–water partition coefficient (Wildman–Crippen LogP) is 1.44. The molecule has 2 heterocycles. The predicted molar refractivity (Wildman–Crippen MR) is 92.2 cm³/mol. The highest BCUT2D eigenvalue weighted by atomic mass is 79.9. The van der Waals surface area contributed by atoms with Gasteiger partial charge < -0.3 is 14.7 Å². The molecule has 1 aromatic heterocycles. The van der Waals surface area contributed by atoms with Crippen LogP contribution in [0.5, 0.6) is 5.88 Å². The van der Waals surface area contributed by atoms with E-state index in [1.807, 2.05) is 0 Å². The molecule has 0 bridgehead atoms. The lowest BCUT2D eigenvalue weighted by molar-refractivity contribution is 0.0605. The molecule has 1 aliphatic rings. The number of anilines is 1. The second-order valence-corrected chi connectivity index (χ2v) is 8.37. The van der Waals surface area contributed by atoms with Crippen LogP contribution in [0.4, 0.5) is 5.69 Å². The standard InChI is InChI=1S/C14H22BrN3O4S/c1-23(20,21)17-13-7-11(15)8-16-14(13)22-10-12(19)9-18-5-3-2-4-6-18/h7-8,12,17,19H,2-6,9-10H2,1H3. The Morgan fingerprint density at radius 1 is 1.43 bits per heavy atom. The van der Waals surface area contributed by atoms with Crippen molar-refractivity contribution in [1.82, 2.24) is 9.88 Å². The molecular formula is C14H22BrN3O4S. The first-order chi connectivity index (χ1) is 10.8. The maximum absolute atomic E-state index is 11.4. The number of likely N-dealkylation sites (tertiary alicyclic amines) is 1. The smallest absolute Gasteiger partial charge is 0.238 e. The summed E-state index contributed by atoms with van der Waals surface area (Å²) in [7, 11) is -3.44. The molecule has 23 heavy (non-hydrogen) atoms. The van der Waals surface area contributed by atoms with Crippen LogP contribution in [-0.2, 0) is 10.0 Å². The highest BCUT2D eigenvalue weighted by molar-refractivity contribution is 9.10. The van der Waals surface area contributed by atoms with E-state index in [1.54, 1.807) is 6.07 Å². The number of piperidine rings is 1. The summed E-state index contributed by atoms with van der Waals surface area (Å²) in [6, 6.07) is 1.57. The van der Waals surface area contributed by atoms with Gasteiger partial charge in [0, 0.05) is 17.2 Å². The summed E-state index contributed by atoms with van der Waals surface area (Å²) in [6.07, 6.45) is 5.48. The van der Waals surface area contributed by atoms with Gasteiger partial charge in [0.1, 0.15) is 18.4 Å². The van der Waals surface area contributed by atoms with E-state index in [1.165, 1.54) is 12.6 Å². The Bertz CT molecular complexity index is 620. The number of halogens is 1. The van der Waals surface area contributed by atoms with Crippen molar-refractivity contribution in [3.8, 4) is 5.88 Å². The van der Waals surface area contributed by atoms with Gasteiger partial charge in [0.2, 0.25) is 15.9 Å². The molecule has 0 amide bonds. The number of ether oxygens (including phenoxy) is 1. The van der Waals surface area contributed by atoms with Gasteiger partial charge in [-0.1, -0.05) is 6.42 Å². The molecular weight excluding hydrogens is 386 g/mol. The number of β-amino-alcohol motifs (C(OH)–C–C–N with tert-alkyl or cyclic N) is 1. The molecule has 1 aromatic rings. The molecule has 0 aromatic carbocycles. The average molecular weight is 408 g/mol. The highest BCUT2D eigenvalue weighted by Crippen LogP contribution is 2.26. The summed E-state index contributed by atoms with van der Waals surface area (Å²) in [6.45, 7) is 2.60. The summed E-state index contributed by atoms with van der Waals surface area (Å²) in [5, 5.41) is 10.1. The van der Waals surface area contributed by atoms with E-state index in [-0.39, 0.29) is 18.2 Å². The molecule has 2 N–H and O–H groups in total. The van der Waals surface area contributed by atoms with Gasteiger partial charge in [-0.05, 0) is 47.9 Å². The van der Waals surface area contributed by atoms with Crippen molar-refractivity contribution in [3.05, 3.63) is 16.7 Å². The van der Waals surface area contributed by atoms with Crippen LogP contribution in [0.15, 0.2) is 16.7 Å². The van der Waals surface area contributed by atoms with Crippen LogP contribution < -0.4 is 9.46 Å². The quantitative estimate of drug-likeness (QED) is 0.710. The Labute approximate surface area is 145 Å². The normalized spacial score (nSPS) is 17.7. The van der Waals surface area contributed by atoms with Crippen molar-refractivity contribution in [2.45, 2.75) is 25.4 Å². The molecule has 2 rings (SSSR count). The monoisotopic (exact) mass is 407 g/mol. The number of sulfonamides is 1. The number of aliphatic hydroxyl groups excluding tert-OH is 1. The van der Waals surface area contributed by atoms with Gasteiger partial charge in [0.25, 0.3) is 0 Å². The van der Waals surface area contributed by atoms with Crippen LogP contribution in [-0.4, -0.2) is 62.0 Å². The highest BCUT2D eigenvalue weighted by Gasteiger charge is 2.17. The van der Waals surface area contributed by atoms with Gasteiger partial charge in [-0.15, -0.1) is 0 Å². The molecule has 1 fully saturated rings. The van der Waals surface area contributed by atoms with E-state index < -0.39 is 16.1 Å². The lowest BCUT2D eigenvalue weighted by atomic mass is 10.1. The molecule has 130 valence electrons. The van der Waals surface area contributed by atoms with E-state index in [4.69, 9.17) is 4.74 Å². The first kappa shape index (κ1) is 18.4. The molecule has 1 aliphatic heterocycles. The molecule has 7 nitrogen and oxygen atoms in total. The van der Waals surface area contributed by atoms with Crippen molar-refractivity contribution >= 4 is 31.6 Å². The van der Waals surface area contributed by atoms with Crippen molar-refractivity contribution in [3.63, 3.8) is 0 Å². The van der Waals surface area contributed by atoms with Crippen molar-refractivity contribution in [1.29, 1.82) is 0 Å². The van der Waals surface area contributed by atoms with Crippen molar-refractivity contribution in [2.24, 2.45) is 0 Å². The topological polar surface area (TPSA) is 91.8 Å². The largest absolute Gasteiger partial charge is 0.473 e. The lowest BCUT2D eigenvalue weighted by Gasteiger charge is -2.28. The second kappa shape index (κ2) is 8.27. The third-order valence-corrected chi connectivity index (χ3v) is 4.47. The number of hydrogen-bond donors (Lipinski definition) is 2. The van der Waals surface area contributed by atoms with E-state index in [0.717, 1.165) is 32.2 Å². The third-order valence-electron chi connectivity index (χ3n) is 3.44. The van der Waals surface area contributed by atoms with Crippen LogP contribution in [0.25, 0.3) is 0 Å². The fourth-order valence-electron chi connectivity index (χ4n) is 2.48. The molecule has 0 spiro atoms. The molecule has 1 saturated heterocycles. The van der Waals surface area contributed by atoms with Gasteiger partial charge in [0.15, 0.2) is 0 Å². The summed E-state index contributed by atoms with van der Waals surface area (Å²) in [4.78, 5) is 6.27. The zero-order chi connectivity index (χ0) is 16.9. The summed E-state index contributed by atoms with van der Waals surface area (Å²) in [5.74, 6) is 0.149. The van der Waals surface area contributed by atoms with Crippen LogP contribution >= 0.6 is 15.9 Å². The molecule has 0 saturated carbocycles. The molecule has 0 radical (unpaired) electrons. The maximum Gasteiger partial charge on any atom is 0.238 e. The number of hydrogen-bond acceptors (Lipinski definition) is 6.